The van der Waals surface area contributed by atoms with Crippen molar-refractivity contribution in [3.63, 3.8) is 0 Å². The Morgan fingerprint density at radius 2 is 2.00 bits per heavy atom. The Morgan fingerprint density at radius 1 is 1.17 bits per heavy atom. The summed E-state index contributed by atoms with van der Waals surface area (Å²) in [7, 11) is 0. The van der Waals surface area contributed by atoms with Crippen LogP contribution < -0.4 is 5.73 Å². The molecule has 0 aliphatic carbocycles. The van der Waals surface area contributed by atoms with E-state index in [-0.39, 0.29) is 0 Å². The van der Waals surface area contributed by atoms with Crippen LogP contribution in [0.1, 0.15) is 5.56 Å². The van der Waals surface area contributed by atoms with Gasteiger partial charge in [0.2, 0.25) is 0 Å². The van der Waals surface area contributed by atoms with Gasteiger partial charge in [0.25, 0.3) is 0 Å². The third-order valence-corrected chi connectivity index (χ3v) is 2.99. The van der Waals surface area contributed by atoms with Crippen molar-refractivity contribution >= 4 is 28.1 Å². The van der Waals surface area contributed by atoms with E-state index in [2.05, 4.69) is 10.1 Å². The van der Waals surface area contributed by atoms with Crippen molar-refractivity contribution in [2.24, 2.45) is 5.73 Å². The normalized spacial score (nSPS) is 10.7. The number of para-hydroxylation sites is 1. The second kappa shape index (κ2) is 4.19. The van der Waals surface area contributed by atoms with Gasteiger partial charge in [-0.3, -0.25) is 4.98 Å². The fraction of sp³-hybridized carbons (Fsp3) is 0. The molecule has 0 aliphatic heterocycles. The van der Waals surface area contributed by atoms with Gasteiger partial charge >= 0.3 is 0 Å². The topological polar surface area (TPSA) is 56.7 Å². The highest BCUT2D eigenvalue weighted by Crippen LogP contribution is 2.19. The van der Waals surface area contributed by atoms with Crippen molar-refractivity contribution in [3.05, 3.63) is 54.5 Å². The molecule has 0 radical (unpaired) electrons. The molecule has 0 aliphatic rings. The lowest BCUT2D eigenvalue weighted by Crippen LogP contribution is -2.14. The quantitative estimate of drug-likeness (QED) is 0.711. The maximum absolute atomic E-state index is 5.73. The van der Waals surface area contributed by atoms with Crippen LogP contribution >= 0.6 is 12.2 Å². The fourth-order valence-corrected chi connectivity index (χ4v) is 2.10. The summed E-state index contributed by atoms with van der Waals surface area (Å²) in [5.41, 5.74) is 8.30. The highest BCUT2D eigenvalue weighted by atomic mass is 32.1. The largest absolute Gasteiger partial charge is 0.389 e. The summed E-state index contributed by atoms with van der Waals surface area (Å²) in [6.07, 6.45) is 5.20. The van der Waals surface area contributed by atoms with Gasteiger partial charge in [0.05, 0.1) is 23.6 Å². The molecule has 0 spiro atoms. The lowest BCUT2D eigenvalue weighted by atomic mass is 10.2. The van der Waals surface area contributed by atoms with Gasteiger partial charge in [-0.15, -0.1) is 0 Å². The Hall–Kier alpha value is -2.27. The highest BCUT2D eigenvalue weighted by Gasteiger charge is 2.10. The zero-order chi connectivity index (χ0) is 12.5. The van der Waals surface area contributed by atoms with E-state index in [0.717, 1.165) is 22.2 Å². The number of pyridine rings is 1. The van der Waals surface area contributed by atoms with Crippen LogP contribution in [0.5, 0.6) is 0 Å². The Kier molecular flexibility index (Phi) is 2.53. The lowest BCUT2D eigenvalue weighted by molar-refractivity contribution is 0.901. The average molecular weight is 254 g/mol. The molecule has 0 saturated heterocycles. The second-order valence-electron chi connectivity index (χ2n) is 3.87. The summed E-state index contributed by atoms with van der Waals surface area (Å²) >= 11 is 5.06. The van der Waals surface area contributed by atoms with Crippen LogP contribution in [0.25, 0.3) is 16.6 Å². The van der Waals surface area contributed by atoms with Gasteiger partial charge in [-0.25, -0.2) is 4.68 Å². The SMILES string of the molecule is NC(=S)c1ccncc1-n1ncc2ccccc21. The van der Waals surface area contributed by atoms with Crippen molar-refractivity contribution in [2.45, 2.75) is 0 Å². The third-order valence-electron chi connectivity index (χ3n) is 2.77. The standard InChI is InChI=1S/C13H10N4S/c14-13(18)10-5-6-15-8-12(10)17-11-4-2-1-3-9(11)7-16-17/h1-8H,(H2,14,18). The van der Waals surface area contributed by atoms with E-state index in [0.29, 0.717) is 4.99 Å². The van der Waals surface area contributed by atoms with E-state index < -0.39 is 0 Å². The first-order valence-electron chi connectivity index (χ1n) is 5.44. The molecule has 2 aromatic heterocycles. The molecule has 0 unspecified atom stereocenters. The van der Waals surface area contributed by atoms with E-state index in [1.165, 1.54) is 0 Å². The molecule has 0 amide bonds. The molecule has 5 heteroatoms. The summed E-state index contributed by atoms with van der Waals surface area (Å²) in [6, 6.07) is 9.76. The summed E-state index contributed by atoms with van der Waals surface area (Å²) < 4.78 is 1.80. The minimum absolute atomic E-state index is 0.340. The summed E-state index contributed by atoms with van der Waals surface area (Å²) in [5.74, 6) is 0. The number of hydrogen-bond acceptors (Lipinski definition) is 3. The molecular formula is C13H10N4S. The van der Waals surface area contributed by atoms with E-state index >= 15 is 0 Å². The van der Waals surface area contributed by atoms with E-state index in [4.69, 9.17) is 18.0 Å². The molecule has 3 aromatic rings. The molecule has 1 aromatic carbocycles. The molecule has 0 saturated carbocycles. The maximum atomic E-state index is 5.73. The molecule has 2 N–H and O–H groups in total. The average Bonchev–Trinajstić information content (AvgIpc) is 2.82. The number of rotatable bonds is 2. The first-order chi connectivity index (χ1) is 8.77. The predicted octanol–water partition coefficient (Wildman–Crippen LogP) is 2.05. The summed E-state index contributed by atoms with van der Waals surface area (Å²) in [4.78, 5) is 4.45. The summed E-state index contributed by atoms with van der Waals surface area (Å²) in [5, 5.41) is 5.44. The molecule has 18 heavy (non-hydrogen) atoms. The van der Waals surface area contributed by atoms with Crippen LogP contribution in [0.2, 0.25) is 0 Å². The molecule has 4 nitrogen and oxygen atoms in total. The maximum Gasteiger partial charge on any atom is 0.106 e. The Balaban J connectivity index is 2.30. The van der Waals surface area contributed by atoms with E-state index in [1.54, 1.807) is 23.1 Å². The number of fused-ring (bicyclic) bond motifs is 1. The number of nitrogens with zero attached hydrogens (tertiary/aromatic N) is 3. The van der Waals surface area contributed by atoms with Gasteiger partial charge in [-0.2, -0.15) is 5.10 Å². The number of benzene rings is 1. The highest BCUT2D eigenvalue weighted by molar-refractivity contribution is 7.80. The number of nitrogens with two attached hydrogens (primary N) is 1. The minimum atomic E-state index is 0.340. The van der Waals surface area contributed by atoms with Gasteiger partial charge in [-0.1, -0.05) is 30.4 Å². The molecule has 2 heterocycles. The van der Waals surface area contributed by atoms with Crippen LogP contribution in [0.3, 0.4) is 0 Å². The molecule has 0 bridgehead atoms. The molecule has 88 valence electrons. The first kappa shape index (κ1) is 10.9. The zero-order valence-corrected chi connectivity index (χ0v) is 10.3. The first-order valence-corrected chi connectivity index (χ1v) is 5.85. The van der Waals surface area contributed by atoms with Crippen LogP contribution in [0.15, 0.2) is 48.9 Å². The van der Waals surface area contributed by atoms with Gasteiger partial charge in [0, 0.05) is 17.1 Å². The number of thiocarbonyl (C=S) groups is 1. The van der Waals surface area contributed by atoms with Gasteiger partial charge in [0.1, 0.15) is 4.99 Å². The molecule has 3 rings (SSSR count). The minimum Gasteiger partial charge on any atom is -0.389 e. The molecule has 0 atom stereocenters. The van der Waals surface area contributed by atoms with E-state index in [9.17, 15) is 0 Å². The van der Waals surface area contributed by atoms with Crippen LogP contribution in [0.4, 0.5) is 0 Å². The van der Waals surface area contributed by atoms with Crippen molar-refractivity contribution in [3.8, 4) is 5.69 Å². The van der Waals surface area contributed by atoms with Crippen molar-refractivity contribution in [1.29, 1.82) is 0 Å². The zero-order valence-electron chi connectivity index (χ0n) is 9.45. The predicted molar refractivity (Wildman–Crippen MR) is 74.8 cm³/mol. The smallest absolute Gasteiger partial charge is 0.106 e. The second-order valence-corrected chi connectivity index (χ2v) is 4.31. The van der Waals surface area contributed by atoms with Crippen LogP contribution in [-0.2, 0) is 0 Å². The number of aromatic nitrogens is 3. The lowest BCUT2D eigenvalue weighted by Gasteiger charge is -2.08. The van der Waals surface area contributed by atoms with Gasteiger partial charge < -0.3 is 5.73 Å². The van der Waals surface area contributed by atoms with Crippen molar-refractivity contribution < 1.29 is 0 Å². The van der Waals surface area contributed by atoms with Gasteiger partial charge in [-0.05, 0) is 12.1 Å². The van der Waals surface area contributed by atoms with E-state index in [1.807, 2.05) is 30.5 Å². The molecule has 0 fully saturated rings. The monoisotopic (exact) mass is 254 g/mol. The third kappa shape index (κ3) is 1.65. The Labute approximate surface area is 109 Å². The van der Waals surface area contributed by atoms with Crippen molar-refractivity contribution in [2.75, 3.05) is 0 Å². The van der Waals surface area contributed by atoms with Crippen LogP contribution in [0, 0.1) is 0 Å². The number of hydrogen-bond donors (Lipinski definition) is 1. The fourth-order valence-electron chi connectivity index (χ4n) is 1.93. The van der Waals surface area contributed by atoms with Crippen molar-refractivity contribution in [1.82, 2.24) is 14.8 Å². The molecular weight excluding hydrogens is 244 g/mol. The van der Waals surface area contributed by atoms with Gasteiger partial charge in [0.15, 0.2) is 0 Å². The summed E-state index contributed by atoms with van der Waals surface area (Å²) in [6.45, 7) is 0. The Morgan fingerprint density at radius 3 is 2.83 bits per heavy atom. The van der Waals surface area contributed by atoms with Crippen LogP contribution in [-0.4, -0.2) is 19.8 Å². The Bertz CT molecular complexity index is 732.